The minimum absolute atomic E-state index is 0.138. The third-order valence-corrected chi connectivity index (χ3v) is 5.96. The van der Waals surface area contributed by atoms with Gasteiger partial charge in [-0.25, -0.2) is 14.8 Å². The van der Waals surface area contributed by atoms with Gasteiger partial charge in [0.15, 0.2) is 5.82 Å². The quantitative estimate of drug-likeness (QED) is 0.337. The molecule has 0 saturated heterocycles. The topological polar surface area (TPSA) is 129 Å². The molecule has 1 aromatic carbocycles. The van der Waals surface area contributed by atoms with Crippen molar-refractivity contribution >= 4 is 51.0 Å². The number of carbonyl (C=O) groups is 3. The molecule has 8 nitrogen and oxygen atoms in total. The average molecular weight is 512 g/mol. The van der Waals surface area contributed by atoms with Gasteiger partial charge in [0, 0.05) is 36.0 Å². The van der Waals surface area contributed by atoms with E-state index in [1.165, 1.54) is 34.0 Å². The summed E-state index contributed by atoms with van der Waals surface area (Å²) < 4.78 is 31.7. The highest BCUT2D eigenvalue weighted by atomic mass is 35.5. The van der Waals surface area contributed by atoms with Crippen LogP contribution < -0.4 is 5.32 Å². The Balaban J connectivity index is 0.000000633. The fourth-order valence-corrected chi connectivity index (χ4v) is 3.89. The van der Waals surface area contributed by atoms with Crippen LogP contribution in [-0.4, -0.2) is 62.3 Å². The van der Waals surface area contributed by atoms with Gasteiger partial charge in [-0.2, -0.15) is 13.2 Å². The summed E-state index contributed by atoms with van der Waals surface area (Å²) in [5, 5.41) is 19.0. The summed E-state index contributed by atoms with van der Waals surface area (Å²) in [4.78, 5) is 39.7. The number of halogens is 4. The predicted molar refractivity (Wildman–Crippen MR) is 116 cm³/mol. The van der Waals surface area contributed by atoms with Gasteiger partial charge < -0.3 is 15.5 Å². The number of aliphatic carboxylic acids is 2. The molecule has 3 N–H and O–H groups in total. The Morgan fingerprint density at radius 3 is 2.12 bits per heavy atom. The van der Waals surface area contributed by atoms with Crippen molar-refractivity contribution in [2.45, 2.75) is 12.6 Å². The molecule has 0 aliphatic heterocycles. The van der Waals surface area contributed by atoms with Crippen LogP contribution in [0.1, 0.15) is 16.8 Å². The number of hydrogen-bond donors (Lipinski definition) is 3. The lowest BCUT2D eigenvalue weighted by molar-refractivity contribution is -0.192. The second kappa shape index (κ2) is 13.8. The highest BCUT2D eigenvalue weighted by Crippen LogP contribution is 2.24. The average Bonchev–Trinajstić information content (AvgIpc) is 2.73. The molecule has 0 spiro atoms. The van der Waals surface area contributed by atoms with Crippen molar-refractivity contribution in [1.29, 1.82) is 0 Å². The minimum Gasteiger partial charge on any atom is -0.481 e. The molecule has 0 saturated carbocycles. The monoisotopic (exact) mass is 511 g/mol. The van der Waals surface area contributed by atoms with Crippen LogP contribution in [0.25, 0.3) is 11.4 Å². The number of nitrogens with zero attached hydrogens (tertiary/aromatic N) is 2. The van der Waals surface area contributed by atoms with Gasteiger partial charge in [-0.1, -0.05) is 45.3 Å². The van der Waals surface area contributed by atoms with E-state index in [-0.39, 0.29) is 12.3 Å². The maximum atomic E-state index is 12.0. The molecule has 1 aromatic heterocycles. The Kier molecular flexibility index (Phi) is 11.9. The van der Waals surface area contributed by atoms with Gasteiger partial charge in [0.05, 0.1) is 17.0 Å². The molecule has 0 unspecified atom stereocenters. The molecule has 1 amide bonds. The Bertz CT molecular complexity index is 917. The number of carbonyl (C=O) groups excluding carboxylic acids is 1. The number of nitrogens with one attached hydrogen (secondary N) is 1. The van der Waals surface area contributed by atoms with E-state index >= 15 is 0 Å². The molecule has 2 rings (SSSR count). The lowest BCUT2D eigenvalue weighted by Gasteiger charge is -2.06. The first-order chi connectivity index (χ1) is 15.0. The van der Waals surface area contributed by atoms with E-state index in [4.69, 9.17) is 26.6 Å². The second-order valence-electron chi connectivity index (χ2n) is 5.62. The molecular weight excluding hydrogens is 495 g/mol. The van der Waals surface area contributed by atoms with Crippen LogP contribution in [0.4, 0.5) is 13.2 Å². The third kappa shape index (κ3) is 10.7. The summed E-state index contributed by atoms with van der Waals surface area (Å²) in [6.07, 6.45) is -2.01. The van der Waals surface area contributed by atoms with Gasteiger partial charge in [0.2, 0.25) is 0 Å². The summed E-state index contributed by atoms with van der Waals surface area (Å²) in [6.45, 7) is 0.482. The van der Waals surface area contributed by atoms with Gasteiger partial charge in [-0.05, 0) is 12.1 Å². The van der Waals surface area contributed by atoms with Gasteiger partial charge in [0.1, 0.15) is 0 Å². The summed E-state index contributed by atoms with van der Waals surface area (Å²) in [6, 6.07) is 7.24. The Morgan fingerprint density at radius 2 is 1.59 bits per heavy atom. The molecule has 1 heterocycles. The van der Waals surface area contributed by atoms with E-state index in [1.54, 1.807) is 6.07 Å². The maximum Gasteiger partial charge on any atom is 0.490 e. The maximum absolute atomic E-state index is 12.0. The Hall–Kier alpha value is -2.51. The number of aromatic nitrogens is 2. The highest BCUT2D eigenvalue weighted by molar-refractivity contribution is 8.76. The third-order valence-electron chi connectivity index (χ3n) is 3.22. The second-order valence-corrected chi connectivity index (χ2v) is 8.73. The Labute approximate surface area is 193 Å². The van der Waals surface area contributed by atoms with Crippen molar-refractivity contribution in [3.8, 4) is 11.4 Å². The molecule has 0 aliphatic carbocycles. The first-order valence-corrected chi connectivity index (χ1v) is 11.5. The van der Waals surface area contributed by atoms with Crippen molar-refractivity contribution in [3.05, 3.63) is 47.2 Å². The first kappa shape index (κ1) is 27.5. The number of amides is 1. The smallest absolute Gasteiger partial charge is 0.481 e. The fraction of sp³-hybridized carbons (Fsp3) is 0.278. The summed E-state index contributed by atoms with van der Waals surface area (Å²) in [5.41, 5.74) is 1.09. The van der Waals surface area contributed by atoms with E-state index < -0.39 is 18.1 Å². The van der Waals surface area contributed by atoms with Gasteiger partial charge in [0.25, 0.3) is 5.91 Å². The SMILES string of the molecule is O=C(O)C(F)(F)F.O=C(O)CCSSCCNC(=O)c1cnc(-c2ccccc2Cl)nc1. The van der Waals surface area contributed by atoms with Crippen molar-refractivity contribution in [3.63, 3.8) is 0 Å². The van der Waals surface area contributed by atoms with Crippen LogP contribution in [0, 0.1) is 0 Å². The molecular formula is C18H17ClF3N3O5S2. The van der Waals surface area contributed by atoms with E-state index in [0.717, 1.165) is 0 Å². The lowest BCUT2D eigenvalue weighted by Crippen LogP contribution is -2.25. The molecule has 0 bridgehead atoms. The zero-order valence-electron chi connectivity index (χ0n) is 16.1. The largest absolute Gasteiger partial charge is 0.490 e. The van der Waals surface area contributed by atoms with Gasteiger partial charge >= 0.3 is 18.1 Å². The van der Waals surface area contributed by atoms with Crippen LogP contribution in [0.3, 0.4) is 0 Å². The lowest BCUT2D eigenvalue weighted by atomic mass is 10.2. The van der Waals surface area contributed by atoms with E-state index in [2.05, 4.69) is 15.3 Å². The molecule has 0 fully saturated rings. The molecule has 0 radical (unpaired) electrons. The molecule has 0 aliphatic rings. The van der Waals surface area contributed by atoms with Crippen LogP contribution in [-0.2, 0) is 9.59 Å². The Morgan fingerprint density at radius 1 is 1.03 bits per heavy atom. The molecule has 0 atom stereocenters. The summed E-state index contributed by atoms with van der Waals surface area (Å²) >= 11 is 6.10. The van der Waals surface area contributed by atoms with E-state index in [9.17, 15) is 22.8 Å². The zero-order valence-corrected chi connectivity index (χ0v) is 18.5. The molecule has 32 heavy (non-hydrogen) atoms. The summed E-state index contributed by atoms with van der Waals surface area (Å²) in [7, 11) is 3.00. The number of carboxylic acids is 2. The number of rotatable bonds is 9. The number of hydrogen-bond acceptors (Lipinski definition) is 7. The number of alkyl halides is 3. The fourth-order valence-electron chi connectivity index (χ4n) is 1.78. The van der Waals surface area contributed by atoms with Crippen molar-refractivity contribution in [2.75, 3.05) is 18.1 Å². The van der Waals surface area contributed by atoms with Gasteiger partial charge in [-0.15, -0.1) is 0 Å². The first-order valence-electron chi connectivity index (χ1n) is 8.63. The molecule has 2 aromatic rings. The number of benzene rings is 1. The summed E-state index contributed by atoms with van der Waals surface area (Å²) in [5.74, 6) is -2.11. The van der Waals surface area contributed by atoms with Crippen LogP contribution >= 0.6 is 33.2 Å². The van der Waals surface area contributed by atoms with Crippen molar-refractivity contribution in [1.82, 2.24) is 15.3 Å². The minimum atomic E-state index is -5.08. The predicted octanol–water partition coefficient (Wildman–Crippen LogP) is 4.02. The molecule has 14 heteroatoms. The molecule has 174 valence electrons. The van der Waals surface area contributed by atoms with Gasteiger partial charge in [-0.3, -0.25) is 9.59 Å². The van der Waals surface area contributed by atoms with Crippen molar-refractivity contribution < 1.29 is 37.8 Å². The zero-order chi connectivity index (χ0) is 24.1. The van der Waals surface area contributed by atoms with E-state index in [0.29, 0.717) is 40.0 Å². The van der Waals surface area contributed by atoms with Crippen LogP contribution in [0.5, 0.6) is 0 Å². The van der Waals surface area contributed by atoms with Crippen LogP contribution in [0.15, 0.2) is 36.7 Å². The highest BCUT2D eigenvalue weighted by Gasteiger charge is 2.38. The number of carboxylic acid groups (broad SMARTS) is 2. The van der Waals surface area contributed by atoms with Crippen LogP contribution in [0.2, 0.25) is 5.02 Å². The normalized spacial score (nSPS) is 10.6. The van der Waals surface area contributed by atoms with Crippen molar-refractivity contribution in [2.24, 2.45) is 0 Å². The standard InChI is InChI=1S/C16H16ClN3O3S2.C2HF3O2/c17-13-4-2-1-3-12(13)15-19-9-11(10-20-15)16(23)18-6-8-25-24-7-5-14(21)22;3-2(4,5)1(6)7/h1-4,9-10H,5-8H2,(H,18,23)(H,21,22);(H,6,7). The van der Waals surface area contributed by atoms with E-state index in [1.807, 2.05) is 18.2 Å².